The minimum absolute atomic E-state index is 0.119. The van der Waals surface area contributed by atoms with Crippen LogP contribution in [-0.4, -0.2) is 65.0 Å². The average Bonchev–Trinajstić information content (AvgIpc) is 3.16. The molecule has 2 aliphatic rings. The van der Waals surface area contributed by atoms with E-state index < -0.39 is 36.6 Å². The molecule has 0 aromatic carbocycles. The second kappa shape index (κ2) is 8.22. The van der Waals surface area contributed by atoms with Crippen molar-refractivity contribution in [3.05, 3.63) is 42.0 Å². The van der Waals surface area contributed by atoms with Gasteiger partial charge in [0.25, 0.3) is 5.91 Å². The summed E-state index contributed by atoms with van der Waals surface area (Å²) in [5, 5.41) is 13.6. The number of aliphatic hydroxyl groups excluding tert-OH is 1. The molecule has 4 rings (SSSR count). The lowest BCUT2D eigenvalue weighted by Crippen LogP contribution is -2.48. The van der Waals surface area contributed by atoms with Crippen LogP contribution in [0.1, 0.15) is 16.9 Å². The zero-order chi connectivity index (χ0) is 23.0. The van der Waals surface area contributed by atoms with Gasteiger partial charge in [-0.1, -0.05) is 0 Å². The first-order valence-electron chi connectivity index (χ1n) is 9.64. The summed E-state index contributed by atoms with van der Waals surface area (Å²) in [7, 11) is 0. The van der Waals surface area contributed by atoms with Gasteiger partial charge in [-0.3, -0.25) is 15.0 Å². The highest BCUT2D eigenvalue weighted by molar-refractivity contribution is 6.05. The zero-order valence-corrected chi connectivity index (χ0v) is 16.4. The molecule has 9 nitrogen and oxygen atoms in total. The highest BCUT2D eigenvalue weighted by atomic mass is 19.4. The Morgan fingerprint density at radius 2 is 2.03 bits per heavy atom. The van der Waals surface area contributed by atoms with Crippen LogP contribution in [0.5, 0.6) is 0 Å². The van der Waals surface area contributed by atoms with Gasteiger partial charge in [0.05, 0.1) is 24.5 Å². The van der Waals surface area contributed by atoms with Gasteiger partial charge in [-0.15, -0.1) is 0 Å². The summed E-state index contributed by atoms with van der Waals surface area (Å²) in [6.45, 7) is 0.166. The number of aliphatic hydroxyl groups is 1. The van der Waals surface area contributed by atoms with Crippen LogP contribution in [0.3, 0.4) is 0 Å². The van der Waals surface area contributed by atoms with Gasteiger partial charge >= 0.3 is 12.2 Å². The van der Waals surface area contributed by atoms with Crippen LogP contribution in [-0.2, 0) is 0 Å². The average molecular weight is 454 g/mol. The molecule has 0 saturated carbocycles. The summed E-state index contributed by atoms with van der Waals surface area (Å²) < 4.78 is 50.5. The number of rotatable bonds is 4. The Morgan fingerprint density at radius 1 is 1.25 bits per heavy atom. The second-order valence-corrected chi connectivity index (χ2v) is 7.36. The van der Waals surface area contributed by atoms with Crippen molar-refractivity contribution in [1.82, 2.24) is 15.3 Å². The van der Waals surface area contributed by atoms with E-state index in [4.69, 9.17) is 5.11 Å². The molecule has 0 spiro atoms. The number of carbonyl (C=O) groups excluding carboxylic acids is 2. The number of nitrogens with zero attached hydrogens (tertiary/aromatic N) is 4. The molecule has 4 heterocycles. The number of alkyl halides is 3. The van der Waals surface area contributed by atoms with E-state index in [0.717, 1.165) is 12.3 Å². The van der Waals surface area contributed by atoms with E-state index in [1.54, 1.807) is 6.07 Å². The number of carbonyl (C=O) groups is 2. The fourth-order valence-corrected chi connectivity index (χ4v) is 3.61. The van der Waals surface area contributed by atoms with Crippen LogP contribution < -0.4 is 20.4 Å². The molecule has 32 heavy (non-hydrogen) atoms. The minimum Gasteiger partial charge on any atom is -0.382 e. The topological polar surface area (TPSA) is 111 Å². The first-order valence-corrected chi connectivity index (χ1v) is 9.64. The molecule has 1 saturated heterocycles. The first kappa shape index (κ1) is 21.7. The Balaban J connectivity index is 1.56. The van der Waals surface area contributed by atoms with E-state index >= 15 is 0 Å². The van der Waals surface area contributed by atoms with Crippen LogP contribution in [0.4, 0.5) is 39.7 Å². The molecule has 2 aliphatic heterocycles. The normalized spacial score (nSPS) is 18.2. The van der Waals surface area contributed by atoms with Crippen LogP contribution in [0, 0.1) is 5.82 Å². The minimum atomic E-state index is -4.87. The standard InChI is InChI=1S/C19H18F4N6O3/c20-10-1-4-15(24-7-10)27-18(32)29-11-5-6-28(9-11)13-3-2-12(26-16(13)29)17(31)25-8-14(30)19(21,22)23/h1-4,7,11,14,30H,5-6,8-9H2,(H,25,31)(H,24,27,32)/t11?,14-/m1/s1. The Kier molecular flexibility index (Phi) is 5.59. The van der Waals surface area contributed by atoms with Crippen LogP contribution in [0.2, 0.25) is 0 Å². The van der Waals surface area contributed by atoms with Gasteiger partial charge in [-0.05, 0) is 30.7 Å². The zero-order valence-electron chi connectivity index (χ0n) is 16.4. The third-order valence-electron chi connectivity index (χ3n) is 5.20. The molecular weight excluding hydrogens is 436 g/mol. The van der Waals surface area contributed by atoms with E-state index in [1.165, 1.54) is 17.0 Å². The highest BCUT2D eigenvalue weighted by Gasteiger charge is 2.41. The van der Waals surface area contributed by atoms with Gasteiger partial charge in [0.15, 0.2) is 11.9 Å². The van der Waals surface area contributed by atoms with Crippen molar-refractivity contribution in [3.63, 3.8) is 0 Å². The molecular formula is C19H18F4N6O3. The van der Waals surface area contributed by atoms with Gasteiger partial charge < -0.3 is 15.3 Å². The molecule has 2 aromatic heterocycles. The van der Waals surface area contributed by atoms with Gasteiger partial charge in [-0.25, -0.2) is 19.2 Å². The number of halogens is 4. The van der Waals surface area contributed by atoms with Gasteiger partial charge in [0.2, 0.25) is 0 Å². The largest absolute Gasteiger partial charge is 0.416 e. The Labute approximate surface area is 179 Å². The van der Waals surface area contributed by atoms with Crippen LogP contribution >= 0.6 is 0 Å². The summed E-state index contributed by atoms with van der Waals surface area (Å²) in [5.74, 6) is -1.20. The van der Waals surface area contributed by atoms with Gasteiger partial charge in [0, 0.05) is 13.1 Å². The maximum absolute atomic E-state index is 13.1. The fourth-order valence-electron chi connectivity index (χ4n) is 3.61. The van der Waals surface area contributed by atoms with Gasteiger partial charge in [-0.2, -0.15) is 13.2 Å². The second-order valence-electron chi connectivity index (χ2n) is 7.36. The molecule has 2 bridgehead atoms. The van der Waals surface area contributed by atoms with Crippen molar-refractivity contribution >= 4 is 29.3 Å². The lowest BCUT2D eigenvalue weighted by molar-refractivity contribution is -0.201. The van der Waals surface area contributed by atoms with Crippen molar-refractivity contribution in [3.8, 4) is 0 Å². The SMILES string of the molecule is O=C(NC[C@@H](O)C(F)(F)F)c1ccc2c(n1)N(C(=O)Nc1ccc(F)cn1)C1CCN2C1. The third kappa shape index (κ3) is 4.28. The van der Waals surface area contributed by atoms with Crippen LogP contribution in [0.25, 0.3) is 0 Å². The van der Waals surface area contributed by atoms with Crippen molar-refractivity contribution in [2.45, 2.75) is 24.7 Å². The lowest BCUT2D eigenvalue weighted by atomic mass is 10.1. The van der Waals surface area contributed by atoms with Crippen molar-refractivity contribution in [2.75, 3.05) is 34.8 Å². The predicted molar refractivity (Wildman–Crippen MR) is 105 cm³/mol. The van der Waals surface area contributed by atoms with E-state index in [2.05, 4.69) is 15.3 Å². The number of fused-ring (bicyclic) bond motifs is 4. The Morgan fingerprint density at radius 3 is 2.72 bits per heavy atom. The van der Waals surface area contributed by atoms with Crippen molar-refractivity contribution in [1.29, 1.82) is 0 Å². The monoisotopic (exact) mass is 454 g/mol. The molecule has 13 heteroatoms. The molecule has 2 atom stereocenters. The smallest absolute Gasteiger partial charge is 0.382 e. The fraction of sp³-hybridized carbons (Fsp3) is 0.368. The molecule has 3 amide bonds. The maximum atomic E-state index is 13.1. The quantitative estimate of drug-likeness (QED) is 0.609. The number of nitrogens with one attached hydrogen (secondary N) is 2. The number of hydrogen-bond donors (Lipinski definition) is 3. The molecule has 1 unspecified atom stereocenters. The Bertz CT molecular complexity index is 1030. The lowest BCUT2D eigenvalue weighted by Gasteiger charge is -2.35. The number of aromatic nitrogens is 2. The Hall–Kier alpha value is -3.48. The number of hydrogen-bond acceptors (Lipinski definition) is 6. The van der Waals surface area contributed by atoms with E-state index in [9.17, 15) is 27.2 Å². The number of anilines is 3. The maximum Gasteiger partial charge on any atom is 0.416 e. The number of urea groups is 1. The molecule has 0 aliphatic carbocycles. The number of amides is 3. The predicted octanol–water partition coefficient (Wildman–Crippen LogP) is 1.90. The number of pyridine rings is 2. The van der Waals surface area contributed by atoms with E-state index in [-0.39, 0.29) is 23.4 Å². The molecule has 2 aromatic rings. The molecule has 0 radical (unpaired) electrons. The summed E-state index contributed by atoms with van der Waals surface area (Å²) >= 11 is 0. The molecule has 3 N–H and O–H groups in total. The van der Waals surface area contributed by atoms with Crippen molar-refractivity contribution in [2.24, 2.45) is 0 Å². The van der Waals surface area contributed by atoms with Crippen molar-refractivity contribution < 1.29 is 32.3 Å². The third-order valence-corrected chi connectivity index (χ3v) is 5.20. The summed E-state index contributed by atoms with van der Waals surface area (Å²) in [4.78, 5) is 36.7. The summed E-state index contributed by atoms with van der Waals surface area (Å²) in [6, 6.07) is 4.50. The van der Waals surface area contributed by atoms with E-state index in [0.29, 0.717) is 25.2 Å². The van der Waals surface area contributed by atoms with Gasteiger partial charge in [0.1, 0.15) is 17.3 Å². The molecule has 1 fully saturated rings. The van der Waals surface area contributed by atoms with Crippen LogP contribution in [0.15, 0.2) is 30.5 Å². The highest BCUT2D eigenvalue weighted by Crippen LogP contribution is 2.39. The first-order chi connectivity index (χ1) is 15.1. The summed E-state index contributed by atoms with van der Waals surface area (Å²) in [5.41, 5.74) is 0.381. The summed E-state index contributed by atoms with van der Waals surface area (Å²) in [6.07, 6.45) is -5.99. The molecule has 170 valence electrons. The van der Waals surface area contributed by atoms with E-state index in [1.807, 2.05) is 10.2 Å².